The number of rotatable bonds is 5. The molecule has 0 aliphatic rings. The lowest BCUT2D eigenvalue weighted by molar-refractivity contribution is -0.385. The van der Waals surface area contributed by atoms with Crippen molar-refractivity contribution in [2.45, 2.75) is 6.92 Å². The molecule has 0 saturated heterocycles. The SMILES string of the molecule is CCOc1ccc(C(=O)Nc2ccccc2F)cc1[N+](=O)[O-]. The first-order valence-corrected chi connectivity index (χ1v) is 6.50. The van der Waals surface area contributed by atoms with Crippen molar-refractivity contribution in [2.75, 3.05) is 11.9 Å². The molecule has 0 unspecified atom stereocenters. The van der Waals surface area contributed by atoms with E-state index in [1.807, 2.05) is 0 Å². The van der Waals surface area contributed by atoms with Gasteiger partial charge in [0.1, 0.15) is 5.82 Å². The topological polar surface area (TPSA) is 81.5 Å². The zero-order valence-corrected chi connectivity index (χ0v) is 11.7. The Morgan fingerprint density at radius 3 is 2.68 bits per heavy atom. The van der Waals surface area contributed by atoms with Crippen LogP contribution in [-0.2, 0) is 0 Å². The number of hydrogen-bond acceptors (Lipinski definition) is 4. The number of hydrogen-bond donors (Lipinski definition) is 1. The van der Waals surface area contributed by atoms with E-state index < -0.39 is 16.6 Å². The summed E-state index contributed by atoms with van der Waals surface area (Å²) in [6.07, 6.45) is 0. The van der Waals surface area contributed by atoms with Gasteiger partial charge < -0.3 is 10.1 Å². The Morgan fingerprint density at radius 2 is 2.05 bits per heavy atom. The number of nitrogens with zero attached hydrogens (tertiary/aromatic N) is 1. The summed E-state index contributed by atoms with van der Waals surface area (Å²) in [5, 5.41) is 13.4. The summed E-state index contributed by atoms with van der Waals surface area (Å²) in [6.45, 7) is 1.96. The van der Waals surface area contributed by atoms with Crippen LogP contribution in [0, 0.1) is 15.9 Å². The van der Waals surface area contributed by atoms with Crippen LogP contribution in [0.2, 0.25) is 0 Å². The molecule has 114 valence electrons. The van der Waals surface area contributed by atoms with Gasteiger partial charge in [0.25, 0.3) is 5.91 Å². The molecule has 0 radical (unpaired) electrons. The maximum Gasteiger partial charge on any atom is 0.311 e. The van der Waals surface area contributed by atoms with Crippen molar-refractivity contribution in [3.05, 3.63) is 64.0 Å². The molecule has 0 saturated carbocycles. The molecule has 2 aromatic rings. The van der Waals surface area contributed by atoms with Crippen molar-refractivity contribution in [1.29, 1.82) is 0 Å². The zero-order chi connectivity index (χ0) is 16.1. The number of carbonyl (C=O) groups is 1. The minimum absolute atomic E-state index is 0.00374. The van der Waals surface area contributed by atoms with E-state index in [-0.39, 0.29) is 29.3 Å². The number of ether oxygens (including phenoxy) is 1. The second-order valence-electron chi connectivity index (χ2n) is 4.31. The quantitative estimate of drug-likeness (QED) is 0.678. The molecule has 0 fully saturated rings. The van der Waals surface area contributed by atoms with Crippen molar-refractivity contribution in [3.8, 4) is 5.75 Å². The fourth-order valence-corrected chi connectivity index (χ4v) is 1.84. The van der Waals surface area contributed by atoms with Crippen LogP contribution < -0.4 is 10.1 Å². The van der Waals surface area contributed by atoms with Crippen LogP contribution in [0.25, 0.3) is 0 Å². The van der Waals surface area contributed by atoms with Crippen molar-refractivity contribution >= 4 is 17.3 Å². The van der Waals surface area contributed by atoms with Crippen molar-refractivity contribution in [3.63, 3.8) is 0 Å². The Morgan fingerprint density at radius 1 is 1.32 bits per heavy atom. The van der Waals surface area contributed by atoms with Gasteiger partial charge in [-0.2, -0.15) is 0 Å². The number of benzene rings is 2. The largest absolute Gasteiger partial charge is 0.487 e. The second kappa shape index (κ2) is 6.66. The third-order valence-electron chi connectivity index (χ3n) is 2.84. The minimum atomic E-state index is -0.642. The fraction of sp³-hybridized carbons (Fsp3) is 0.133. The molecule has 1 N–H and O–H groups in total. The van der Waals surface area contributed by atoms with Crippen LogP contribution in [0.1, 0.15) is 17.3 Å². The summed E-state index contributed by atoms with van der Waals surface area (Å²) < 4.78 is 18.6. The molecule has 22 heavy (non-hydrogen) atoms. The molecule has 0 spiro atoms. The maximum atomic E-state index is 13.5. The number of para-hydroxylation sites is 1. The lowest BCUT2D eigenvalue weighted by Crippen LogP contribution is -2.13. The lowest BCUT2D eigenvalue weighted by atomic mass is 10.1. The molecule has 2 aromatic carbocycles. The second-order valence-corrected chi connectivity index (χ2v) is 4.31. The first-order chi connectivity index (χ1) is 10.5. The molecule has 0 aliphatic carbocycles. The molecule has 0 aliphatic heterocycles. The predicted molar refractivity (Wildman–Crippen MR) is 78.6 cm³/mol. The highest BCUT2D eigenvalue weighted by molar-refractivity contribution is 6.04. The van der Waals surface area contributed by atoms with Crippen molar-refractivity contribution in [2.24, 2.45) is 0 Å². The normalized spacial score (nSPS) is 10.1. The van der Waals surface area contributed by atoms with E-state index in [0.29, 0.717) is 0 Å². The molecule has 0 bridgehead atoms. The summed E-state index contributed by atoms with van der Waals surface area (Å²) in [4.78, 5) is 22.5. The van der Waals surface area contributed by atoms with Gasteiger partial charge in [0, 0.05) is 11.6 Å². The maximum absolute atomic E-state index is 13.5. The van der Waals surface area contributed by atoms with Gasteiger partial charge in [-0.15, -0.1) is 0 Å². The minimum Gasteiger partial charge on any atom is -0.487 e. The summed E-state index contributed by atoms with van der Waals surface area (Å²) in [7, 11) is 0. The van der Waals surface area contributed by atoms with Crippen molar-refractivity contribution in [1.82, 2.24) is 0 Å². The van der Waals surface area contributed by atoms with E-state index in [0.717, 1.165) is 6.07 Å². The molecule has 0 aromatic heterocycles. The summed E-state index contributed by atoms with van der Waals surface area (Å²) in [5.41, 5.74) is -0.273. The number of halogens is 1. The lowest BCUT2D eigenvalue weighted by Gasteiger charge is -2.08. The number of nitro groups is 1. The number of nitro benzene ring substituents is 1. The number of anilines is 1. The molecular formula is C15H13FN2O4. The van der Waals surface area contributed by atoms with E-state index in [1.54, 1.807) is 13.0 Å². The van der Waals surface area contributed by atoms with Crippen LogP contribution in [0.4, 0.5) is 15.8 Å². The van der Waals surface area contributed by atoms with Gasteiger partial charge in [0.15, 0.2) is 5.75 Å². The third-order valence-corrected chi connectivity index (χ3v) is 2.84. The van der Waals surface area contributed by atoms with Crippen LogP contribution in [0.3, 0.4) is 0 Å². The van der Waals surface area contributed by atoms with Crippen LogP contribution in [0.15, 0.2) is 42.5 Å². The van der Waals surface area contributed by atoms with E-state index in [4.69, 9.17) is 4.74 Å². The smallest absolute Gasteiger partial charge is 0.311 e. The van der Waals surface area contributed by atoms with Gasteiger partial charge in [-0.25, -0.2) is 4.39 Å². The highest BCUT2D eigenvalue weighted by Crippen LogP contribution is 2.28. The predicted octanol–water partition coefficient (Wildman–Crippen LogP) is 3.38. The van der Waals surface area contributed by atoms with Crippen LogP contribution in [0.5, 0.6) is 5.75 Å². The molecule has 0 heterocycles. The Kier molecular flexibility index (Phi) is 4.67. The molecule has 0 atom stereocenters. The van der Waals surface area contributed by atoms with Crippen LogP contribution >= 0.6 is 0 Å². The first kappa shape index (κ1) is 15.4. The Bertz CT molecular complexity index is 718. The summed E-state index contributed by atoms with van der Waals surface area (Å²) in [6, 6.07) is 9.49. The van der Waals surface area contributed by atoms with E-state index in [9.17, 15) is 19.3 Å². The van der Waals surface area contributed by atoms with Gasteiger partial charge in [-0.3, -0.25) is 14.9 Å². The average Bonchev–Trinajstić information content (AvgIpc) is 2.50. The third kappa shape index (κ3) is 3.38. The Hall–Kier alpha value is -2.96. The number of carbonyl (C=O) groups excluding carboxylic acids is 1. The monoisotopic (exact) mass is 304 g/mol. The number of nitrogens with one attached hydrogen (secondary N) is 1. The zero-order valence-electron chi connectivity index (χ0n) is 11.7. The standard InChI is InChI=1S/C15H13FN2O4/c1-2-22-14-8-7-10(9-13(14)18(20)21)15(19)17-12-6-4-3-5-11(12)16/h3-9H,2H2,1H3,(H,17,19). The molecule has 2 rings (SSSR count). The van der Waals surface area contributed by atoms with Gasteiger partial charge in [0.05, 0.1) is 17.2 Å². The van der Waals surface area contributed by atoms with E-state index >= 15 is 0 Å². The van der Waals surface area contributed by atoms with E-state index in [1.165, 1.54) is 30.3 Å². The average molecular weight is 304 g/mol. The Labute approximate surface area is 125 Å². The molecule has 1 amide bonds. The summed E-state index contributed by atoms with van der Waals surface area (Å²) >= 11 is 0. The molecular weight excluding hydrogens is 291 g/mol. The van der Waals surface area contributed by atoms with Gasteiger partial charge >= 0.3 is 5.69 Å². The van der Waals surface area contributed by atoms with Gasteiger partial charge in [-0.05, 0) is 31.2 Å². The highest BCUT2D eigenvalue weighted by Gasteiger charge is 2.19. The van der Waals surface area contributed by atoms with Gasteiger partial charge in [-0.1, -0.05) is 12.1 Å². The highest BCUT2D eigenvalue weighted by atomic mass is 19.1. The summed E-state index contributed by atoms with van der Waals surface area (Å²) in [5.74, 6) is -1.15. The van der Waals surface area contributed by atoms with Crippen LogP contribution in [-0.4, -0.2) is 17.4 Å². The molecule has 6 nitrogen and oxygen atoms in total. The fourth-order valence-electron chi connectivity index (χ4n) is 1.84. The Balaban J connectivity index is 2.28. The van der Waals surface area contributed by atoms with Crippen molar-refractivity contribution < 1.29 is 18.8 Å². The number of amides is 1. The van der Waals surface area contributed by atoms with Gasteiger partial charge in [0.2, 0.25) is 0 Å². The first-order valence-electron chi connectivity index (χ1n) is 6.50. The molecule has 7 heteroatoms. The van der Waals surface area contributed by atoms with E-state index in [2.05, 4.69) is 5.32 Å².